The van der Waals surface area contributed by atoms with Crippen LogP contribution in [0, 0.1) is 0 Å². The Balaban J connectivity index is 2.22. The Bertz CT molecular complexity index is 671. The number of nitrogens with zero attached hydrogens (tertiary/aromatic N) is 1. The van der Waals surface area contributed by atoms with Crippen molar-refractivity contribution in [3.05, 3.63) is 35.9 Å². The van der Waals surface area contributed by atoms with Crippen molar-refractivity contribution < 1.29 is 22.7 Å². The summed E-state index contributed by atoms with van der Waals surface area (Å²) >= 11 is 0. The van der Waals surface area contributed by atoms with Crippen molar-refractivity contribution in [1.82, 2.24) is 4.90 Å². The van der Waals surface area contributed by atoms with Crippen molar-refractivity contribution in [2.75, 3.05) is 18.6 Å². The van der Waals surface area contributed by atoms with E-state index in [-0.39, 0.29) is 23.8 Å². The van der Waals surface area contributed by atoms with E-state index >= 15 is 0 Å². The molecule has 0 saturated carbocycles. The second-order valence-corrected chi connectivity index (χ2v) is 7.95. The van der Waals surface area contributed by atoms with Crippen molar-refractivity contribution in [2.24, 2.45) is 0 Å². The van der Waals surface area contributed by atoms with E-state index in [1.165, 1.54) is 12.0 Å². The molecule has 1 aliphatic heterocycles. The summed E-state index contributed by atoms with van der Waals surface area (Å²) in [7, 11) is -1.90. The number of methoxy groups -OCH3 is 1. The van der Waals surface area contributed by atoms with E-state index in [0.717, 1.165) is 5.56 Å². The van der Waals surface area contributed by atoms with Gasteiger partial charge in [0.2, 0.25) is 5.91 Å². The standard InChI is InChI=1S/C16H21NO5S/c1-12(16(19)22-2)17(14-8-9-23(20,21)11-14)15(18)10-13-6-4-3-5-7-13/h3-7,12,14H,8-11H2,1-2H3/t12-,14+/m0/s1. The van der Waals surface area contributed by atoms with Gasteiger partial charge in [0.05, 0.1) is 25.0 Å². The van der Waals surface area contributed by atoms with Crippen molar-refractivity contribution in [3.63, 3.8) is 0 Å². The highest BCUT2D eigenvalue weighted by Gasteiger charge is 2.39. The van der Waals surface area contributed by atoms with Crippen LogP contribution in [0.2, 0.25) is 0 Å². The van der Waals surface area contributed by atoms with Gasteiger partial charge in [0.25, 0.3) is 0 Å². The highest BCUT2D eigenvalue weighted by Crippen LogP contribution is 2.22. The molecular formula is C16H21NO5S. The number of esters is 1. The average molecular weight is 339 g/mol. The van der Waals surface area contributed by atoms with Gasteiger partial charge in [0.1, 0.15) is 6.04 Å². The molecule has 7 heteroatoms. The lowest BCUT2D eigenvalue weighted by atomic mass is 10.1. The van der Waals surface area contributed by atoms with E-state index in [0.29, 0.717) is 6.42 Å². The average Bonchev–Trinajstić information content (AvgIpc) is 2.87. The minimum atomic E-state index is -3.16. The fourth-order valence-electron chi connectivity index (χ4n) is 2.88. The molecule has 2 atom stereocenters. The highest BCUT2D eigenvalue weighted by molar-refractivity contribution is 7.91. The molecular weight excluding hydrogens is 318 g/mol. The summed E-state index contributed by atoms with van der Waals surface area (Å²) in [6.45, 7) is 1.57. The summed E-state index contributed by atoms with van der Waals surface area (Å²) in [6.07, 6.45) is 0.475. The molecule has 6 nitrogen and oxygen atoms in total. The maximum Gasteiger partial charge on any atom is 0.328 e. The molecule has 0 aromatic heterocycles. The van der Waals surface area contributed by atoms with Crippen LogP contribution in [0.1, 0.15) is 18.9 Å². The predicted octanol–water partition coefficient (Wildman–Crippen LogP) is 0.806. The fourth-order valence-corrected chi connectivity index (χ4v) is 4.59. The van der Waals surface area contributed by atoms with Crippen molar-refractivity contribution in [3.8, 4) is 0 Å². The van der Waals surface area contributed by atoms with Gasteiger partial charge in [-0.25, -0.2) is 13.2 Å². The summed E-state index contributed by atoms with van der Waals surface area (Å²) < 4.78 is 28.2. The van der Waals surface area contributed by atoms with Crippen LogP contribution < -0.4 is 0 Å². The maximum atomic E-state index is 12.7. The zero-order valence-electron chi connectivity index (χ0n) is 13.3. The van der Waals surface area contributed by atoms with Gasteiger partial charge in [-0.3, -0.25) is 4.79 Å². The Kier molecular flexibility index (Phi) is 5.41. The summed E-state index contributed by atoms with van der Waals surface area (Å²) in [5.41, 5.74) is 0.820. The monoisotopic (exact) mass is 339 g/mol. The predicted molar refractivity (Wildman–Crippen MR) is 85.5 cm³/mol. The lowest BCUT2D eigenvalue weighted by molar-refractivity contribution is -0.153. The number of amides is 1. The van der Waals surface area contributed by atoms with E-state index < -0.39 is 27.9 Å². The van der Waals surface area contributed by atoms with Crippen LogP contribution in [-0.2, 0) is 30.6 Å². The first kappa shape index (κ1) is 17.5. The quantitative estimate of drug-likeness (QED) is 0.742. The molecule has 1 saturated heterocycles. The smallest absolute Gasteiger partial charge is 0.328 e. The fraction of sp³-hybridized carbons (Fsp3) is 0.500. The molecule has 1 amide bonds. The van der Waals surface area contributed by atoms with Crippen molar-refractivity contribution in [2.45, 2.75) is 31.8 Å². The van der Waals surface area contributed by atoms with Crippen LogP contribution in [0.25, 0.3) is 0 Å². The molecule has 0 radical (unpaired) electrons. The largest absolute Gasteiger partial charge is 0.467 e. The minimum Gasteiger partial charge on any atom is -0.467 e. The number of carbonyl (C=O) groups excluding carboxylic acids is 2. The molecule has 126 valence electrons. The third-order valence-electron chi connectivity index (χ3n) is 4.05. The summed E-state index contributed by atoms with van der Waals surface area (Å²) in [4.78, 5) is 25.9. The van der Waals surface area contributed by atoms with Crippen LogP contribution >= 0.6 is 0 Å². The van der Waals surface area contributed by atoms with Crippen molar-refractivity contribution >= 4 is 21.7 Å². The molecule has 1 aromatic carbocycles. The van der Waals surface area contributed by atoms with Crippen LogP contribution in [0.5, 0.6) is 0 Å². The second-order valence-electron chi connectivity index (χ2n) is 5.72. The molecule has 0 N–H and O–H groups in total. The zero-order valence-corrected chi connectivity index (χ0v) is 14.1. The molecule has 2 rings (SSSR count). The minimum absolute atomic E-state index is 0.0423. The van der Waals surface area contributed by atoms with Crippen LogP contribution in [-0.4, -0.2) is 55.9 Å². The normalized spacial score (nSPS) is 20.7. The zero-order chi connectivity index (χ0) is 17.0. The Morgan fingerprint density at radius 2 is 1.96 bits per heavy atom. The van der Waals surface area contributed by atoms with Gasteiger partial charge in [-0.1, -0.05) is 30.3 Å². The highest BCUT2D eigenvalue weighted by atomic mass is 32.2. The third kappa shape index (κ3) is 4.31. The Morgan fingerprint density at radius 1 is 1.30 bits per heavy atom. The lowest BCUT2D eigenvalue weighted by Crippen LogP contribution is -2.50. The van der Waals surface area contributed by atoms with Gasteiger partial charge in [0, 0.05) is 6.04 Å². The molecule has 0 bridgehead atoms. The van der Waals surface area contributed by atoms with Crippen LogP contribution in [0.3, 0.4) is 0 Å². The summed E-state index contributed by atoms with van der Waals surface area (Å²) in [5, 5.41) is 0. The number of rotatable bonds is 5. The van der Waals surface area contributed by atoms with Gasteiger partial charge < -0.3 is 9.64 Å². The topological polar surface area (TPSA) is 80.8 Å². The van der Waals surface area contributed by atoms with E-state index in [4.69, 9.17) is 4.74 Å². The third-order valence-corrected chi connectivity index (χ3v) is 5.80. The molecule has 23 heavy (non-hydrogen) atoms. The number of ether oxygens (including phenoxy) is 1. The lowest BCUT2D eigenvalue weighted by Gasteiger charge is -2.32. The molecule has 0 spiro atoms. The SMILES string of the molecule is COC(=O)[C@H](C)N(C(=O)Cc1ccccc1)[C@@H]1CCS(=O)(=O)C1. The van der Waals surface area contributed by atoms with Crippen LogP contribution in [0.4, 0.5) is 0 Å². The Hall–Kier alpha value is -1.89. The van der Waals surface area contributed by atoms with Crippen molar-refractivity contribution in [1.29, 1.82) is 0 Å². The van der Waals surface area contributed by atoms with Crippen LogP contribution in [0.15, 0.2) is 30.3 Å². The first-order valence-corrected chi connectivity index (χ1v) is 9.29. The number of hydrogen-bond acceptors (Lipinski definition) is 5. The molecule has 1 fully saturated rings. The van der Waals surface area contributed by atoms with Gasteiger partial charge in [-0.15, -0.1) is 0 Å². The Morgan fingerprint density at radius 3 is 2.48 bits per heavy atom. The molecule has 0 unspecified atom stereocenters. The first-order valence-electron chi connectivity index (χ1n) is 7.47. The first-order chi connectivity index (χ1) is 10.8. The molecule has 1 heterocycles. The van der Waals surface area contributed by atoms with E-state index in [2.05, 4.69) is 0 Å². The van der Waals surface area contributed by atoms with Gasteiger partial charge >= 0.3 is 5.97 Å². The Labute approximate surface area is 136 Å². The summed E-state index contributed by atoms with van der Waals surface area (Å²) in [6, 6.07) is 7.87. The number of hydrogen-bond donors (Lipinski definition) is 0. The van der Waals surface area contributed by atoms with E-state index in [1.807, 2.05) is 30.3 Å². The van der Waals surface area contributed by atoms with Gasteiger partial charge in [0.15, 0.2) is 9.84 Å². The van der Waals surface area contributed by atoms with E-state index in [1.54, 1.807) is 6.92 Å². The summed E-state index contributed by atoms with van der Waals surface area (Å²) in [5.74, 6) is -0.873. The van der Waals surface area contributed by atoms with E-state index in [9.17, 15) is 18.0 Å². The molecule has 1 aromatic rings. The van der Waals surface area contributed by atoms with Gasteiger partial charge in [-0.2, -0.15) is 0 Å². The second kappa shape index (κ2) is 7.12. The number of sulfone groups is 1. The maximum absolute atomic E-state index is 12.7. The number of carbonyl (C=O) groups is 2. The molecule has 1 aliphatic rings. The molecule has 0 aliphatic carbocycles. The van der Waals surface area contributed by atoms with Gasteiger partial charge in [-0.05, 0) is 18.9 Å². The number of benzene rings is 1.